The van der Waals surface area contributed by atoms with E-state index in [4.69, 9.17) is 21.3 Å². The van der Waals surface area contributed by atoms with E-state index in [2.05, 4.69) is 5.16 Å². The maximum atomic E-state index is 10.7. The van der Waals surface area contributed by atoms with Crippen molar-refractivity contribution in [3.63, 3.8) is 0 Å². The molecule has 1 heterocycles. The summed E-state index contributed by atoms with van der Waals surface area (Å²) >= 11 is 5.64. The standard InChI is InChI=1S/C9H15ClN2O3/c1-9(2,3)15-12(6-13)5-7-4-8(10)11-14-7/h6-7H,4-5H2,1-3H3. The van der Waals surface area contributed by atoms with Crippen LogP contribution in [0.25, 0.3) is 0 Å². The average Bonchev–Trinajstić information content (AvgIpc) is 2.47. The third kappa shape index (κ3) is 4.48. The molecule has 15 heavy (non-hydrogen) atoms. The van der Waals surface area contributed by atoms with Gasteiger partial charge in [-0.25, -0.2) is 5.06 Å². The van der Waals surface area contributed by atoms with Gasteiger partial charge in [-0.2, -0.15) is 0 Å². The van der Waals surface area contributed by atoms with Gasteiger partial charge in [0.25, 0.3) is 0 Å². The van der Waals surface area contributed by atoms with Crippen molar-refractivity contribution < 1.29 is 14.5 Å². The molecule has 0 aromatic rings. The van der Waals surface area contributed by atoms with Crippen LogP contribution in [-0.4, -0.2) is 34.9 Å². The summed E-state index contributed by atoms with van der Waals surface area (Å²) in [6.45, 7) is 5.91. The molecule has 1 atom stereocenters. The van der Waals surface area contributed by atoms with Crippen LogP contribution in [0, 0.1) is 0 Å². The Balaban J connectivity index is 2.38. The number of carbonyl (C=O) groups excluding carboxylic acids is 1. The predicted octanol–water partition coefficient (Wildman–Crippen LogP) is 1.52. The van der Waals surface area contributed by atoms with E-state index in [9.17, 15) is 4.79 Å². The summed E-state index contributed by atoms with van der Waals surface area (Å²) in [7, 11) is 0. The number of oxime groups is 1. The van der Waals surface area contributed by atoms with Crippen LogP contribution in [0.5, 0.6) is 0 Å². The van der Waals surface area contributed by atoms with Gasteiger partial charge in [0.2, 0.25) is 6.41 Å². The molecule has 1 unspecified atom stereocenters. The Kier molecular flexibility index (Phi) is 3.93. The topological polar surface area (TPSA) is 51.1 Å². The number of halogens is 1. The van der Waals surface area contributed by atoms with E-state index in [0.717, 1.165) is 0 Å². The SMILES string of the molecule is CC(C)(C)ON(C=O)CC1CC(Cl)=NO1. The number of carbonyl (C=O) groups is 1. The summed E-state index contributed by atoms with van der Waals surface area (Å²) < 4.78 is 0. The minimum absolute atomic E-state index is 0.218. The number of hydrogen-bond donors (Lipinski definition) is 0. The quantitative estimate of drug-likeness (QED) is 0.547. The van der Waals surface area contributed by atoms with E-state index in [0.29, 0.717) is 24.5 Å². The highest BCUT2D eigenvalue weighted by Crippen LogP contribution is 2.16. The normalized spacial score (nSPS) is 20.8. The van der Waals surface area contributed by atoms with E-state index in [-0.39, 0.29) is 6.10 Å². The Morgan fingerprint density at radius 2 is 2.40 bits per heavy atom. The van der Waals surface area contributed by atoms with E-state index in [1.165, 1.54) is 5.06 Å². The largest absolute Gasteiger partial charge is 0.389 e. The Morgan fingerprint density at radius 1 is 1.73 bits per heavy atom. The maximum Gasteiger partial charge on any atom is 0.233 e. The summed E-state index contributed by atoms with van der Waals surface area (Å²) in [5.41, 5.74) is -0.413. The van der Waals surface area contributed by atoms with E-state index >= 15 is 0 Å². The molecule has 0 N–H and O–H groups in total. The van der Waals surface area contributed by atoms with Gasteiger partial charge in [-0.05, 0) is 20.8 Å². The van der Waals surface area contributed by atoms with Crippen molar-refractivity contribution >= 4 is 23.2 Å². The van der Waals surface area contributed by atoms with Gasteiger partial charge in [-0.1, -0.05) is 16.8 Å². The molecule has 6 heteroatoms. The molecule has 0 fully saturated rings. The van der Waals surface area contributed by atoms with Gasteiger partial charge in [0.15, 0.2) is 6.10 Å². The minimum atomic E-state index is -0.413. The molecule has 0 saturated carbocycles. The van der Waals surface area contributed by atoms with Crippen LogP contribution in [0.1, 0.15) is 27.2 Å². The number of amides is 1. The van der Waals surface area contributed by atoms with Gasteiger partial charge < -0.3 is 4.84 Å². The molecule has 0 spiro atoms. The summed E-state index contributed by atoms with van der Waals surface area (Å²) in [4.78, 5) is 21.1. The third-order valence-electron chi connectivity index (χ3n) is 1.59. The second-order valence-corrected chi connectivity index (χ2v) is 4.74. The molecular formula is C9H15ClN2O3. The highest BCUT2D eigenvalue weighted by Gasteiger charge is 2.25. The van der Waals surface area contributed by atoms with E-state index in [1.807, 2.05) is 20.8 Å². The van der Waals surface area contributed by atoms with Crippen molar-refractivity contribution in [3.8, 4) is 0 Å². The molecule has 0 saturated heterocycles. The lowest BCUT2D eigenvalue weighted by atomic mass is 10.2. The summed E-state index contributed by atoms with van der Waals surface area (Å²) in [6.07, 6.45) is 0.922. The number of nitrogens with zero attached hydrogens (tertiary/aromatic N) is 2. The fourth-order valence-corrected chi connectivity index (χ4v) is 1.36. The molecule has 0 aromatic carbocycles. The van der Waals surface area contributed by atoms with Crippen LogP contribution in [0.3, 0.4) is 0 Å². The second kappa shape index (κ2) is 4.81. The molecule has 1 amide bonds. The lowest BCUT2D eigenvalue weighted by molar-refractivity contribution is -0.224. The Hall–Kier alpha value is -0.810. The first kappa shape index (κ1) is 12.3. The van der Waals surface area contributed by atoms with Crippen LogP contribution in [0.15, 0.2) is 5.16 Å². The van der Waals surface area contributed by atoms with E-state index in [1.54, 1.807) is 0 Å². The van der Waals surface area contributed by atoms with Gasteiger partial charge in [-0.15, -0.1) is 0 Å². The average molecular weight is 235 g/mol. The molecule has 5 nitrogen and oxygen atoms in total. The summed E-state index contributed by atoms with van der Waals surface area (Å²) in [6, 6.07) is 0. The summed E-state index contributed by atoms with van der Waals surface area (Å²) in [5, 5.41) is 5.21. The van der Waals surface area contributed by atoms with Crippen molar-refractivity contribution in [2.75, 3.05) is 6.54 Å². The van der Waals surface area contributed by atoms with Gasteiger partial charge in [0.1, 0.15) is 5.17 Å². The van der Waals surface area contributed by atoms with Crippen molar-refractivity contribution in [1.82, 2.24) is 5.06 Å². The monoisotopic (exact) mass is 234 g/mol. The molecule has 0 aliphatic carbocycles. The molecule has 1 aliphatic heterocycles. The van der Waals surface area contributed by atoms with Gasteiger partial charge in [-0.3, -0.25) is 9.63 Å². The number of hydrogen-bond acceptors (Lipinski definition) is 4. The first-order chi connectivity index (χ1) is 6.90. The van der Waals surface area contributed by atoms with Crippen LogP contribution < -0.4 is 0 Å². The van der Waals surface area contributed by atoms with Crippen LogP contribution >= 0.6 is 11.6 Å². The lowest BCUT2D eigenvalue weighted by Crippen LogP contribution is -2.37. The van der Waals surface area contributed by atoms with Gasteiger partial charge >= 0.3 is 0 Å². The number of hydroxylamine groups is 2. The fourth-order valence-electron chi connectivity index (χ4n) is 1.15. The minimum Gasteiger partial charge on any atom is -0.389 e. The van der Waals surface area contributed by atoms with Gasteiger partial charge in [0.05, 0.1) is 12.1 Å². The highest BCUT2D eigenvalue weighted by molar-refractivity contribution is 6.65. The third-order valence-corrected chi connectivity index (χ3v) is 1.81. The molecule has 1 rings (SSSR count). The predicted molar refractivity (Wildman–Crippen MR) is 56.4 cm³/mol. The molecule has 0 aromatic heterocycles. The smallest absolute Gasteiger partial charge is 0.233 e. The molecule has 86 valence electrons. The maximum absolute atomic E-state index is 10.7. The molecular weight excluding hydrogens is 220 g/mol. The first-order valence-corrected chi connectivity index (χ1v) is 5.08. The van der Waals surface area contributed by atoms with Crippen molar-refractivity contribution in [3.05, 3.63) is 0 Å². The highest BCUT2D eigenvalue weighted by atomic mass is 35.5. The first-order valence-electron chi connectivity index (χ1n) is 4.70. The zero-order chi connectivity index (χ0) is 11.5. The number of rotatable bonds is 4. The Morgan fingerprint density at radius 3 is 2.80 bits per heavy atom. The second-order valence-electron chi connectivity index (χ2n) is 4.31. The van der Waals surface area contributed by atoms with Crippen LogP contribution in [-0.2, 0) is 14.5 Å². The molecule has 0 radical (unpaired) electrons. The Labute approximate surface area is 93.9 Å². The van der Waals surface area contributed by atoms with Crippen molar-refractivity contribution in [2.24, 2.45) is 5.16 Å². The lowest BCUT2D eigenvalue weighted by Gasteiger charge is -2.27. The van der Waals surface area contributed by atoms with Crippen molar-refractivity contribution in [2.45, 2.75) is 38.9 Å². The Bertz CT molecular complexity index is 263. The van der Waals surface area contributed by atoms with Crippen LogP contribution in [0.2, 0.25) is 0 Å². The van der Waals surface area contributed by atoms with Crippen molar-refractivity contribution in [1.29, 1.82) is 0 Å². The zero-order valence-corrected chi connectivity index (χ0v) is 9.82. The van der Waals surface area contributed by atoms with E-state index < -0.39 is 5.60 Å². The van der Waals surface area contributed by atoms with Crippen LogP contribution in [0.4, 0.5) is 0 Å². The fraction of sp³-hybridized carbons (Fsp3) is 0.778. The zero-order valence-electron chi connectivity index (χ0n) is 9.07. The molecule has 1 aliphatic rings. The summed E-state index contributed by atoms with van der Waals surface area (Å²) in [5.74, 6) is 0. The van der Waals surface area contributed by atoms with Gasteiger partial charge in [0, 0.05) is 6.42 Å². The molecule has 0 bridgehead atoms.